The highest BCUT2D eigenvalue weighted by Crippen LogP contribution is 2.38. The van der Waals surface area contributed by atoms with E-state index in [4.69, 9.17) is 0 Å². The Balaban J connectivity index is 1.79. The highest BCUT2D eigenvalue weighted by atomic mass is 32.3. The second-order valence-electron chi connectivity index (χ2n) is 6.61. The highest BCUT2D eigenvalue weighted by molar-refractivity contribution is 8.36. The number of anilines is 1. The van der Waals surface area contributed by atoms with Gasteiger partial charge in [-0.2, -0.15) is 0 Å². The maximum Gasteiger partial charge on any atom is 0.231 e. The van der Waals surface area contributed by atoms with E-state index < -0.39 is 9.84 Å². The van der Waals surface area contributed by atoms with Crippen molar-refractivity contribution in [3.8, 4) is 0 Å². The number of thiazole rings is 1. The topological polar surface area (TPSA) is 62.6 Å². The Morgan fingerprint density at radius 3 is 2.42 bits per heavy atom. The lowest BCUT2D eigenvalue weighted by molar-refractivity contribution is 0.585. The van der Waals surface area contributed by atoms with Crippen LogP contribution in [0.2, 0.25) is 0 Å². The Bertz CT molecular complexity index is 878. The number of aliphatic imine (C=N–C) groups is 1. The lowest BCUT2D eigenvalue weighted by atomic mass is 9.98. The summed E-state index contributed by atoms with van der Waals surface area (Å²) in [6.45, 7) is 8.57. The van der Waals surface area contributed by atoms with E-state index in [1.54, 1.807) is 41.8 Å². The molecule has 8 heteroatoms. The number of aromatic nitrogens is 1. The SMILES string of the molecule is Cc1ccc(S(=O)(=O)C2=NCN(c3cnc(C(C)(C)C)s3)S2)cc1. The van der Waals surface area contributed by atoms with Crippen molar-refractivity contribution in [1.82, 2.24) is 4.98 Å². The van der Waals surface area contributed by atoms with Gasteiger partial charge < -0.3 is 0 Å². The van der Waals surface area contributed by atoms with Crippen molar-refractivity contribution in [2.45, 2.75) is 38.0 Å². The number of rotatable bonds is 2. The Hall–Kier alpha value is -1.38. The van der Waals surface area contributed by atoms with E-state index in [0.717, 1.165) is 27.5 Å². The van der Waals surface area contributed by atoms with Crippen LogP contribution in [0.1, 0.15) is 31.3 Å². The molecule has 2 heterocycles. The first-order valence-corrected chi connectivity index (χ1v) is 10.5. The molecule has 0 amide bonds. The number of sulfone groups is 1. The molecule has 2 aromatic rings. The van der Waals surface area contributed by atoms with E-state index >= 15 is 0 Å². The van der Waals surface area contributed by atoms with Crippen molar-refractivity contribution in [2.75, 3.05) is 11.0 Å². The lowest BCUT2D eigenvalue weighted by Crippen LogP contribution is -2.13. The molecule has 1 aromatic heterocycles. The van der Waals surface area contributed by atoms with Crippen molar-refractivity contribution in [1.29, 1.82) is 0 Å². The minimum atomic E-state index is -3.56. The predicted molar refractivity (Wildman–Crippen MR) is 102 cm³/mol. The first-order chi connectivity index (χ1) is 11.2. The van der Waals surface area contributed by atoms with E-state index in [-0.39, 0.29) is 14.7 Å². The molecular formula is C16H19N3O2S3. The first-order valence-electron chi connectivity index (χ1n) is 7.46. The van der Waals surface area contributed by atoms with Crippen LogP contribution < -0.4 is 4.31 Å². The summed E-state index contributed by atoms with van der Waals surface area (Å²) in [4.78, 5) is 8.96. The van der Waals surface area contributed by atoms with Crippen LogP contribution in [0, 0.1) is 6.92 Å². The molecule has 24 heavy (non-hydrogen) atoms. The summed E-state index contributed by atoms with van der Waals surface area (Å²) in [7, 11) is -3.56. The van der Waals surface area contributed by atoms with E-state index in [1.807, 2.05) is 11.2 Å². The van der Waals surface area contributed by atoms with Gasteiger partial charge in [0, 0.05) is 17.4 Å². The van der Waals surface area contributed by atoms with Gasteiger partial charge in [0.2, 0.25) is 14.2 Å². The third-order valence-corrected chi connectivity index (χ3v) is 8.20. The van der Waals surface area contributed by atoms with Gasteiger partial charge >= 0.3 is 0 Å². The van der Waals surface area contributed by atoms with Gasteiger partial charge in [-0.3, -0.25) is 4.31 Å². The molecule has 0 N–H and O–H groups in total. The zero-order valence-electron chi connectivity index (χ0n) is 14.0. The van der Waals surface area contributed by atoms with Crippen molar-refractivity contribution in [3.63, 3.8) is 0 Å². The molecule has 0 saturated carbocycles. The number of benzene rings is 1. The fourth-order valence-corrected chi connectivity index (χ4v) is 5.60. The van der Waals surface area contributed by atoms with Gasteiger partial charge in [-0.1, -0.05) is 38.5 Å². The van der Waals surface area contributed by atoms with Gasteiger partial charge in [0.1, 0.15) is 11.7 Å². The molecule has 0 atom stereocenters. The molecule has 0 bridgehead atoms. The van der Waals surface area contributed by atoms with Crippen LogP contribution in [0.15, 0.2) is 40.4 Å². The Kier molecular flexibility index (Phi) is 4.48. The minimum absolute atomic E-state index is 0.0228. The van der Waals surface area contributed by atoms with Crippen LogP contribution in [0.25, 0.3) is 0 Å². The number of aryl methyl sites for hydroxylation is 1. The second-order valence-corrected chi connectivity index (χ2v) is 10.7. The van der Waals surface area contributed by atoms with E-state index in [0.29, 0.717) is 6.67 Å². The average Bonchev–Trinajstić information content (AvgIpc) is 3.16. The van der Waals surface area contributed by atoms with Crippen LogP contribution in [-0.2, 0) is 15.3 Å². The van der Waals surface area contributed by atoms with Crippen LogP contribution >= 0.6 is 23.3 Å². The van der Waals surface area contributed by atoms with Gasteiger partial charge in [-0.05, 0) is 19.1 Å². The second kappa shape index (κ2) is 6.16. The van der Waals surface area contributed by atoms with E-state index in [1.165, 1.54) is 0 Å². The van der Waals surface area contributed by atoms with Crippen LogP contribution in [0.5, 0.6) is 0 Å². The summed E-state index contributed by atoms with van der Waals surface area (Å²) < 4.78 is 27.4. The van der Waals surface area contributed by atoms with Crippen molar-refractivity contribution in [2.24, 2.45) is 4.99 Å². The Labute approximate surface area is 150 Å². The molecule has 5 nitrogen and oxygen atoms in total. The number of nitrogens with zero attached hydrogens (tertiary/aromatic N) is 3. The van der Waals surface area contributed by atoms with Gasteiger partial charge in [-0.15, -0.1) is 11.3 Å². The van der Waals surface area contributed by atoms with Crippen LogP contribution in [-0.4, -0.2) is 24.4 Å². The summed E-state index contributed by atoms with van der Waals surface area (Å²) in [5.74, 6) is 0. The van der Waals surface area contributed by atoms with Crippen molar-refractivity contribution >= 4 is 42.5 Å². The van der Waals surface area contributed by atoms with E-state index in [2.05, 4.69) is 30.7 Å². The van der Waals surface area contributed by atoms with Crippen molar-refractivity contribution < 1.29 is 8.42 Å². The summed E-state index contributed by atoms with van der Waals surface area (Å²) in [6, 6.07) is 6.84. The molecule has 0 fully saturated rings. The zero-order chi connectivity index (χ0) is 17.5. The third-order valence-electron chi connectivity index (χ3n) is 3.46. The summed E-state index contributed by atoms with van der Waals surface area (Å²) >= 11 is 2.73. The molecule has 0 saturated heterocycles. The van der Waals surface area contributed by atoms with Crippen molar-refractivity contribution in [3.05, 3.63) is 41.0 Å². The molecule has 0 spiro atoms. The maximum atomic E-state index is 12.7. The normalized spacial score (nSPS) is 15.7. The third kappa shape index (κ3) is 3.36. The predicted octanol–water partition coefficient (Wildman–Crippen LogP) is 4.00. The molecule has 0 aliphatic carbocycles. The Morgan fingerprint density at radius 2 is 1.83 bits per heavy atom. The molecule has 1 aromatic carbocycles. The van der Waals surface area contributed by atoms with Gasteiger partial charge in [0.05, 0.1) is 16.1 Å². The molecule has 1 aliphatic heterocycles. The first kappa shape index (κ1) is 17.4. The quantitative estimate of drug-likeness (QED) is 0.736. The smallest absolute Gasteiger partial charge is 0.231 e. The molecule has 1 aliphatic rings. The summed E-state index contributed by atoms with van der Waals surface area (Å²) in [5.41, 5.74) is 1.00. The molecule has 128 valence electrons. The number of hydrogen-bond donors (Lipinski definition) is 0. The molecule has 0 unspecified atom stereocenters. The molecule has 0 radical (unpaired) electrons. The zero-order valence-corrected chi connectivity index (χ0v) is 16.4. The fourth-order valence-electron chi connectivity index (χ4n) is 2.07. The van der Waals surface area contributed by atoms with Gasteiger partial charge in [-0.25, -0.2) is 18.4 Å². The van der Waals surface area contributed by atoms with Crippen LogP contribution in [0.3, 0.4) is 0 Å². The summed E-state index contributed by atoms with van der Waals surface area (Å²) in [5, 5.41) is 1.94. The highest BCUT2D eigenvalue weighted by Gasteiger charge is 2.31. The molecular weight excluding hydrogens is 362 g/mol. The Morgan fingerprint density at radius 1 is 1.17 bits per heavy atom. The molecule has 3 rings (SSSR count). The average molecular weight is 382 g/mol. The lowest BCUT2D eigenvalue weighted by Gasteiger charge is -2.14. The minimum Gasteiger partial charge on any atom is -0.279 e. The summed E-state index contributed by atoms with van der Waals surface area (Å²) in [6.07, 6.45) is 1.79. The fraction of sp³-hybridized carbons (Fsp3) is 0.375. The monoisotopic (exact) mass is 381 g/mol. The van der Waals surface area contributed by atoms with Crippen LogP contribution in [0.4, 0.5) is 5.00 Å². The largest absolute Gasteiger partial charge is 0.279 e. The maximum absolute atomic E-state index is 12.7. The number of hydrogen-bond acceptors (Lipinski definition) is 7. The van der Waals surface area contributed by atoms with Gasteiger partial charge in [0.25, 0.3) is 0 Å². The van der Waals surface area contributed by atoms with Gasteiger partial charge in [0.15, 0.2) is 0 Å². The standard InChI is InChI=1S/C16H19N3O2S3/c1-11-5-7-12(8-6-11)24(20,21)15-18-10-19(23-15)13-9-17-14(22-13)16(2,3)4/h5-9H,10H2,1-4H3. The van der Waals surface area contributed by atoms with E-state index in [9.17, 15) is 8.42 Å².